The highest BCUT2D eigenvalue weighted by Gasteiger charge is 2.05. The lowest BCUT2D eigenvalue weighted by atomic mass is 10.2. The van der Waals surface area contributed by atoms with Crippen molar-refractivity contribution in [1.29, 1.82) is 0 Å². The number of rotatable bonds is 4. The first-order chi connectivity index (χ1) is 9.38. The molecule has 2 aromatic carbocycles. The van der Waals surface area contributed by atoms with Crippen LogP contribution in [0.15, 0.2) is 54.6 Å². The molecular weight excluding hydrogens is 252 g/mol. The summed E-state index contributed by atoms with van der Waals surface area (Å²) in [6, 6.07) is 18.9. The van der Waals surface area contributed by atoms with Crippen LogP contribution in [0.2, 0.25) is 0 Å². The molecule has 3 aromatic rings. The Balaban J connectivity index is 2.03. The van der Waals surface area contributed by atoms with E-state index in [1.807, 2.05) is 6.07 Å². The first kappa shape index (κ1) is 12.3. The highest BCUT2D eigenvalue weighted by Crippen LogP contribution is 2.11. The van der Waals surface area contributed by atoms with E-state index in [9.17, 15) is 0 Å². The maximum absolute atomic E-state index is 4.32. The van der Waals surface area contributed by atoms with E-state index in [0.29, 0.717) is 0 Å². The minimum atomic E-state index is 0.820. The summed E-state index contributed by atoms with van der Waals surface area (Å²) >= 11 is 4.32. The molecule has 96 valence electrons. The third-order valence-electron chi connectivity index (χ3n) is 3.21. The summed E-state index contributed by atoms with van der Waals surface area (Å²) in [5.41, 5.74) is 3.72. The molecule has 0 aliphatic rings. The van der Waals surface area contributed by atoms with Crippen LogP contribution in [0, 0.1) is 6.33 Å². The van der Waals surface area contributed by atoms with Crippen molar-refractivity contribution >= 4 is 23.7 Å². The van der Waals surface area contributed by atoms with Crippen LogP contribution in [-0.2, 0) is 13.1 Å². The third kappa shape index (κ3) is 2.51. The molecule has 0 atom stereocenters. The standard InChI is InChI=1S/C16H16N2S/c19-11-10-17-13-18(12-14-6-2-1-3-7-14)16-9-5-4-8-15(16)17/h1-9,19H,10-12H2. The van der Waals surface area contributed by atoms with E-state index in [-0.39, 0.29) is 0 Å². The number of nitrogens with zero attached hydrogens (tertiary/aromatic N) is 2. The van der Waals surface area contributed by atoms with Gasteiger partial charge >= 0.3 is 0 Å². The molecule has 0 radical (unpaired) electrons. The Morgan fingerprint density at radius 1 is 1.00 bits per heavy atom. The topological polar surface area (TPSA) is 8.81 Å². The third-order valence-corrected chi connectivity index (χ3v) is 3.41. The number of para-hydroxylation sites is 2. The zero-order valence-electron chi connectivity index (χ0n) is 10.7. The fourth-order valence-corrected chi connectivity index (χ4v) is 2.53. The Kier molecular flexibility index (Phi) is 3.56. The predicted octanol–water partition coefficient (Wildman–Crippen LogP) is 2.71. The van der Waals surface area contributed by atoms with Crippen molar-refractivity contribution < 1.29 is 4.57 Å². The molecule has 0 aliphatic carbocycles. The number of hydrogen-bond acceptors (Lipinski definition) is 1. The number of benzene rings is 2. The van der Waals surface area contributed by atoms with Crippen molar-refractivity contribution in [3.05, 3.63) is 66.5 Å². The first-order valence-corrected chi connectivity index (χ1v) is 7.07. The zero-order chi connectivity index (χ0) is 13.1. The smallest absolute Gasteiger partial charge is 0.205 e. The van der Waals surface area contributed by atoms with Gasteiger partial charge in [-0.3, -0.25) is 0 Å². The van der Waals surface area contributed by atoms with Crippen LogP contribution in [0.5, 0.6) is 0 Å². The summed E-state index contributed by atoms with van der Waals surface area (Å²) in [6.45, 7) is 1.73. The number of aromatic nitrogens is 2. The molecule has 0 bridgehead atoms. The molecule has 1 aromatic heterocycles. The van der Waals surface area contributed by atoms with Crippen LogP contribution < -0.4 is 4.57 Å². The fraction of sp³-hybridized carbons (Fsp3) is 0.188. The maximum Gasteiger partial charge on any atom is 0.205 e. The van der Waals surface area contributed by atoms with Gasteiger partial charge in [0.2, 0.25) is 6.33 Å². The van der Waals surface area contributed by atoms with Gasteiger partial charge in [-0.1, -0.05) is 54.6 Å². The van der Waals surface area contributed by atoms with Crippen molar-refractivity contribution in [3.8, 4) is 0 Å². The highest BCUT2D eigenvalue weighted by molar-refractivity contribution is 7.80. The second-order valence-electron chi connectivity index (χ2n) is 4.54. The molecule has 0 unspecified atom stereocenters. The molecule has 0 spiro atoms. The van der Waals surface area contributed by atoms with Gasteiger partial charge in [0.25, 0.3) is 0 Å². The second kappa shape index (κ2) is 5.49. The van der Waals surface area contributed by atoms with Crippen LogP contribution in [0.3, 0.4) is 0 Å². The van der Waals surface area contributed by atoms with Crippen LogP contribution in [0.4, 0.5) is 0 Å². The number of hydrogen-bond donors (Lipinski definition) is 1. The lowest BCUT2D eigenvalue weighted by Crippen LogP contribution is -2.33. The predicted molar refractivity (Wildman–Crippen MR) is 80.4 cm³/mol. The Labute approximate surface area is 118 Å². The van der Waals surface area contributed by atoms with Gasteiger partial charge in [0.1, 0.15) is 0 Å². The van der Waals surface area contributed by atoms with Crippen molar-refractivity contribution in [2.45, 2.75) is 13.1 Å². The molecule has 0 saturated heterocycles. The largest absolute Gasteiger partial charge is 0.343 e. The van der Waals surface area contributed by atoms with Crippen molar-refractivity contribution in [3.63, 3.8) is 0 Å². The van der Waals surface area contributed by atoms with Crippen molar-refractivity contribution in [2.75, 3.05) is 5.75 Å². The van der Waals surface area contributed by atoms with Crippen LogP contribution in [0.1, 0.15) is 5.56 Å². The first-order valence-electron chi connectivity index (χ1n) is 6.43. The van der Waals surface area contributed by atoms with Crippen molar-refractivity contribution in [2.24, 2.45) is 0 Å². The maximum atomic E-state index is 4.32. The average molecular weight is 268 g/mol. The van der Waals surface area contributed by atoms with Crippen LogP contribution in [0.25, 0.3) is 11.0 Å². The molecule has 1 heterocycles. The van der Waals surface area contributed by atoms with Crippen molar-refractivity contribution in [1.82, 2.24) is 4.57 Å². The summed E-state index contributed by atoms with van der Waals surface area (Å²) in [6.07, 6.45) is 3.42. The molecule has 3 heteroatoms. The Morgan fingerprint density at radius 3 is 2.53 bits per heavy atom. The van der Waals surface area contributed by atoms with E-state index < -0.39 is 0 Å². The summed E-state index contributed by atoms with van der Waals surface area (Å²) in [7, 11) is 0. The molecule has 2 nitrogen and oxygen atoms in total. The van der Waals surface area contributed by atoms with Gasteiger partial charge in [0, 0.05) is 16.8 Å². The lowest BCUT2D eigenvalue weighted by Gasteiger charge is -2.03. The van der Waals surface area contributed by atoms with E-state index in [1.165, 1.54) is 16.6 Å². The number of imidazole rings is 1. The van der Waals surface area contributed by atoms with Gasteiger partial charge in [-0.2, -0.15) is 12.6 Å². The molecule has 0 amide bonds. The fourth-order valence-electron chi connectivity index (χ4n) is 2.33. The number of fused-ring (bicyclic) bond motifs is 1. The summed E-state index contributed by atoms with van der Waals surface area (Å²) in [4.78, 5) is 0. The van der Waals surface area contributed by atoms with E-state index in [4.69, 9.17) is 0 Å². The van der Waals surface area contributed by atoms with Crippen LogP contribution in [-0.4, -0.2) is 10.3 Å². The summed E-state index contributed by atoms with van der Waals surface area (Å²) in [5.74, 6) is 0.820. The van der Waals surface area contributed by atoms with Gasteiger partial charge in [-0.05, 0) is 5.56 Å². The summed E-state index contributed by atoms with van der Waals surface area (Å²) in [5, 5.41) is 0. The van der Waals surface area contributed by atoms with Gasteiger partial charge in [-0.25, -0.2) is 0 Å². The van der Waals surface area contributed by atoms with Gasteiger partial charge < -0.3 is 9.13 Å². The quantitative estimate of drug-likeness (QED) is 0.423. The van der Waals surface area contributed by atoms with Gasteiger partial charge in [0.15, 0.2) is 0 Å². The molecule has 0 fully saturated rings. The monoisotopic (exact) mass is 268 g/mol. The SMILES string of the molecule is SCCn1[c-][n+](Cc2ccccc2)c2ccccc21. The average Bonchev–Trinajstić information content (AvgIpc) is 2.79. The minimum Gasteiger partial charge on any atom is -0.343 e. The molecule has 0 aliphatic heterocycles. The van der Waals surface area contributed by atoms with E-state index in [2.05, 4.69) is 76.6 Å². The molecule has 19 heavy (non-hydrogen) atoms. The normalized spacial score (nSPS) is 11.0. The molecular formula is C16H16N2S. The second-order valence-corrected chi connectivity index (χ2v) is 4.98. The molecule has 0 N–H and O–H groups in total. The number of aryl methyl sites for hydroxylation is 1. The lowest BCUT2D eigenvalue weighted by molar-refractivity contribution is -0.667. The van der Waals surface area contributed by atoms with Gasteiger partial charge in [0.05, 0.1) is 13.1 Å². The van der Waals surface area contributed by atoms with E-state index >= 15 is 0 Å². The minimum absolute atomic E-state index is 0.820. The highest BCUT2D eigenvalue weighted by atomic mass is 32.1. The Hall–Kier alpha value is -1.74. The molecule has 3 rings (SSSR count). The van der Waals surface area contributed by atoms with Gasteiger partial charge in [-0.15, -0.1) is 0 Å². The Bertz CT molecular complexity index is 674. The zero-order valence-corrected chi connectivity index (χ0v) is 11.6. The van der Waals surface area contributed by atoms with E-state index in [1.54, 1.807) is 0 Å². The van der Waals surface area contributed by atoms with E-state index in [0.717, 1.165) is 18.8 Å². The van der Waals surface area contributed by atoms with Crippen LogP contribution >= 0.6 is 12.6 Å². The summed E-state index contributed by atoms with van der Waals surface area (Å²) < 4.78 is 4.32. The Morgan fingerprint density at radius 2 is 1.74 bits per heavy atom. The molecule has 0 saturated carbocycles. The number of thiol groups is 1.